The average Bonchev–Trinajstić information content (AvgIpc) is 2.35. The van der Waals surface area contributed by atoms with Crippen LogP contribution in [0, 0.1) is 5.82 Å². The zero-order valence-corrected chi connectivity index (χ0v) is 9.27. The highest BCUT2D eigenvalue weighted by molar-refractivity contribution is 5.44. The van der Waals surface area contributed by atoms with Crippen molar-refractivity contribution in [2.45, 2.75) is 6.54 Å². The van der Waals surface area contributed by atoms with E-state index in [4.69, 9.17) is 0 Å². The third-order valence-corrected chi connectivity index (χ3v) is 2.54. The number of pyridine rings is 1. The van der Waals surface area contributed by atoms with Gasteiger partial charge in [0, 0.05) is 11.8 Å². The first-order chi connectivity index (χ1) is 8.20. The van der Waals surface area contributed by atoms with E-state index < -0.39 is 0 Å². The fourth-order valence-corrected chi connectivity index (χ4v) is 1.62. The van der Waals surface area contributed by atoms with Crippen LogP contribution in [0.3, 0.4) is 0 Å². The molecule has 0 unspecified atom stereocenters. The molecule has 0 fully saturated rings. The van der Waals surface area contributed by atoms with E-state index in [-0.39, 0.29) is 11.4 Å². The van der Waals surface area contributed by atoms with Gasteiger partial charge >= 0.3 is 0 Å². The van der Waals surface area contributed by atoms with Crippen LogP contribution in [-0.2, 0) is 6.54 Å². The maximum Gasteiger partial charge on any atom is 0.258 e. The minimum atomic E-state index is -0.277. The average molecular weight is 229 g/mol. The minimum absolute atomic E-state index is 0.0909. The smallest absolute Gasteiger partial charge is 0.258 e. The number of nitrogens with zero attached hydrogens (tertiary/aromatic N) is 1. The van der Waals surface area contributed by atoms with Gasteiger partial charge in [0.15, 0.2) is 0 Å². The summed E-state index contributed by atoms with van der Waals surface area (Å²) >= 11 is 0. The standard InChI is InChI=1S/C14H12FNO/c1-2-12-4-3-9-16(14(12)17)10-11-5-7-13(15)8-6-11/h2-9H,1,10H2. The van der Waals surface area contributed by atoms with Crippen molar-refractivity contribution in [1.82, 2.24) is 4.57 Å². The van der Waals surface area contributed by atoms with Gasteiger partial charge in [-0.15, -0.1) is 0 Å². The fraction of sp³-hybridized carbons (Fsp3) is 0.0714. The van der Waals surface area contributed by atoms with Gasteiger partial charge in [-0.3, -0.25) is 4.79 Å². The van der Waals surface area contributed by atoms with E-state index in [1.165, 1.54) is 18.2 Å². The lowest BCUT2D eigenvalue weighted by Crippen LogP contribution is -2.21. The Kier molecular flexibility index (Phi) is 3.19. The van der Waals surface area contributed by atoms with Gasteiger partial charge in [-0.05, 0) is 29.8 Å². The number of benzene rings is 1. The Morgan fingerprint density at radius 1 is 1.24 bits per heavy atom. The van der Waals surface area contributed by atoms with Crippen LogP contribution < -0.4 is 5.56 Å². The predicted octanol–water partition coefficient (Wildman–Crippen LogP) is 2.68. The molecule has 0 aliphatic rings. The Morgan fingerprint density at radius 3 is 2.59 bits per heavy atom. The summed E-state index contributed by atoms with van der Waals surface area (Å²) in [6.07, 6.45) is 3.24. The molecular weight excluding hydrogens is 217 g/mol. The highest BCUT2D eigenvalue weighted by Gasteiger charge is 2.01. The summed E-state index contributed by atoms with van der Waals surface area (Å²) in [5.41, 5.74) is 1.36. The third kappa shape index (κ3) is 2.50. The monoisotopic (exact) mass is 229 g/mol. The van der Waals surface area contributed by atoms with Crippen LogP contribution in [0.5, 0.6) is 0 Å². The second-order valence-corrected chi connectivity index (χ2v) is 3.73. The molecule has 0 aliphatic carbocycles. The number of hydrogen-bond donors (Lipinski definition) is 0. The number of hydrogen-bond acceptors (Lipinski definition) is 1. The Bertz CT molecular complexity index is 584. The van der Waals surface area contributed by atoms with Crippen molar-refractivity contribution in [3.63, 3.8) is 0 Å². The van der Waals surface area contributed by atoms with E-state index >= 15 is 0 Å². The molecule has 0 bridgehead atoms. The summed E-state index contributed by atoms with van der Waals surface area (Å²) in [6, 6.07) is 9.62. The number of aromatic nitrogens is 1. The van der Waals surface area contributed by atoms with Gasteiger partial charge in [0.2, 0.25) is 0 Å². The summed E-state index contributed by atoms with van der Waals surface area (Å²) < 4.78 is 14.3. The summed E-state index contributed by atoms with van der Waals surface area (Å²) in [5, 5.41) is 0. The Balaban J connectivity index is 2.33. The Hall–Kier alpha value is -2.16. The first kappa shape index (κ1) is 11.3. The molecule has 1 aromatic carbocycles. The molecule has 0 aliphatic heterocycles. The maximum atomic E-state index is 12.7. The van der Waals surface area contributed by atoms with E-state index in [0.717, 1.165) is 5.56 Å². The molecule has 1 heterocycles. The molecule has 0 atom stereocenters. The van der Waals surface area contributed by atoms with E-state index in [0.29, 0.717) is 12.1 Å². The molecule has 0 amide bonds. The molecule has 17 heavy (non-hydrogen) atoms. The van der Waals surface area contributed by atoms with Crippen LogP contribution in [-0.4, -0.2) is 4.57 Å². The first-order valence-corrected chi connectivity index (χ1v) is 5.27. The summed E-state index contributed by atoms with van der Waals surface area (Å²) in [7, 11) is 0. The molecule has 2 aromatic rings. The predicted molar refractivity (Wildman–Crippen MR) is 66.3 cm³/mol. The van der Waals surface area contributed by atoms with Crippen LogP contribution in [0.2, 0.25) is 0 Å². The van der Waals surface area contributed by atoms with Gasteiger partial charge in [-0.2, -0.15) is 0 Å². The molecule has 0 saturated heterocycles. The Morgan fingerprint density at radius 2 is 1.94 bits per heavy atom. The minimum Gasteiger partial charge on any atom is -0.311 e. The van der Waals surface area contributed by atoms with Gasteiger partial charge in [0.1, 0.15) is 5.82 Å². The molecule has 0 spiro atoms. The molecule has 1 aromatic heterocycles. The molecular formula is C14H12FNO. The topological polar surface area (TPSA) is 22.0 Å². The van der Waals surface area contributed by atoms with E-state index in [9.17, 15) is 9.18 Å². The lowest BCUT2D eigenvalue weighted by Gasteiger charge is -2.06. The molecule has 3 heteroatoms. The lowest BCUT2D eigenvalue weighted by atomic mass is 10.2. The van der Waals surface area contributed by atoms with Crippen LogP contribution in [0.1, 0.15) is 11.1 Å². The van der Waals surface area contributed by atoms with Gasteiger partial charge in [-0.1, -0.05) is 24.8 Å². The largest absolute Gasteiger partial charge is 0.311 e. The van der Waals surface area contributed by atoms with Gasteiger partial charge in [0.05, 0.1) is 6.54 Å². The van der Waals surface area contributed by atoms with Crippen molar-refractivity contribution in [2.75, 3.05) is 0 Å². The molecule has 86 valence electrons. The second kappa shape index (κ2) is 4.78. The van der Waals surface area contributed by atoms with Crippen molar-refractivity contribution in [1.29, 1.82) is 0 Å². The summed E-state index contributed by atoms with van der Waals surface area (Å²) in [4.78, 5) is 11.9. The molecule has 2 nitrogen and oxygen atoms in total. The van der Waals surface area contributed by atoms with Gasteiger partial charge < -0.3 is 4.57 Å². The van der Waals surface area contributed by atoms with Crippen LogP contribution in [0.4, 0.5) is 4.39 Å². The van der Waals surface area contributed by atoms with Gasteiger partial charge in [-0.25, -0.2) is 4.39 Å². The fourth-order valence-electron chi connectivity index (χ4n) is 1.62. The van der Waals surface area contributed by atoms with Crippen molar-refractivity contribution < 1.29 is 4.39 Å². The highest BCUT2D eigenvalue weighted by Crippen LogP contribution is 2.04. The van der Waals surface area contributed by atoms with Crippen molar-refractivity contribution in [2.24, 2.45) is 0 Å². The summed E-state index contributed by atoms with van der Waals surface area (Å²) in [6.45, 7) is 4.02. The summed E-state index contributed by atoms with van der Waals surface area (Å²) in [5.74, 6) is -0.277. The number of rotatable bonds is 3. The van der Waals surface area contributed by atoms with E-state index in [1.807, 2.05) is 0 Å². The Labute approximate surface area is 98.7 Å². The van der Waals surface area contributed by atoms with E-state index in [1.54, 1.807) is 35.0 Å². The van der Waals surface area contributed by atoms with E-state index in [2.05, 4.69) is 6.58 Å². The van der Waals surface area contributed by atoms with Crippen molar-refractivity contribution in [3.05, 3.63) is 76.5 Å². The quantitative estimate of drug-likeness (QED) is 0.793. The molecule has 0 radical (unpaired) electrons. The van der Waals surface area contributed by atoms with Crippen LogP contribution >= 0.6 is 0 Å². The first-order valence-electron chi connectivity index (χ1n) is 5.27. The second-order valence-electron chi connectivity index (χ2n) is 3.73. The van der Waals surface area contributed by atoms with Crippen molar-refractivity contribution >= 4 is 6.08 Å². The number of halogens is 1. The molecule has 0 N–H and O–H groups in total. The van der Waals surface area contributed by atoms with Crippen LogP contribution in [0.15, 0.2) is 54.0 Å². The normalized spacial score (nSPS) is 10.2. The SMILES string of the molecule is C=Cc1cccn(Cc2ccc(F)cc2)c1=O. The highest BCUT2D eigenvalue weighted by atomic mass is 19.1. The maximum absolute atomic E-state index is 12.7. The lowest BCUT2D eigenvalue weighted by molar-refractivity contribution is 0.626. The van der Waals surface area contributed by atoms with Gasteiger partial charge in [0.25, 0.3) is 5.56 Å². The molecule has 0 saturated carbocycles. The zero-order chi connectivity index (χ0) is 12.3. The van der Waals surface area contributed by atoms with Crippen molar-refractivity contribution in [3.8, 4) is 0 Å². The zero-order valence-electron chi connectivity index (χ0n) is 9.27. The third-order valence-electron chi connectivity index (χ3n) is 2.54. The van der Waals surface area contributed by atoms with Crippen LogP contribution in [0.25, 0.3) is 6.08 Å². The molecule has 2 rings (SSSR count).